The van der Waals surface area contributed by atoms with E-state index in [-0.39, 0.29) is 24.8 Å². The molecule has 0 atom stereocenters. The van der Waals surface area contributed by atoms with Gasteiger partial charge in [0.25, 0.3) is 0 Å². The van der Waals surface area contributed by atoms with E-state index in [1.807, 2.05) is 0 Å². The van der Waals surface area contributed by atoms with E-state index in [9.17, 15) is 0 Å². The fraction of sp³-hybridized carbons (Fsp3) is 1.00. The van der Waals surface area contributed by atoms with Gasteiger partial charge in [-0.1, -0.05) is 0 Å². The lowest BCUT2D eigenvalue weighted by Crippen LogP contribution is -1.98. The van der Waals surface area contributed by atoms with Crippen molar-refractivity contribution in [3.63, 3.8) is 0 Å². The number of hydrogen-bond acceptors (Lipinski definition) is 1. The normalized spacial score (nSPS) is 16.7. The summed E-state index contributed by atoms with van der Waals surface area (Å²) < 4.78 is 0. The van der Waals surface area contributed by atoms with E-state index in [0.717, 1.165) is 12.5 Å². The molecule has 0 bridgehead atoms. The zero-order valence-electron chi connectivity index (χ0n) is 4.09. The Morgan fingerprint density at radius 3 is 1.71 bits per heavy atom. The molecule has 0 aromatic carbocycles. The minimum absolute atomic E-state index is 0. The Hall–Kier alpha value is 0.540. The van der Waals surface area contributed by atoms with Gasteiger partial charge >= 0.3 is 0 Å². The molecule has 0 saturated heterocycles. The predicted octanol–water partition coefficient (Wildman–Crippen LogP) is 1.20. The van der Waals surface area contributed by atoms with E-state index in [1.54, 1.807) is 0 Å². The van der Waals surface area contributed by atoms with Crippen molar-refractivity contribution >= 4 is 24.8 Å². The fourth-order valence-corrected chi connectivity index (χ4v) is 0.354. The average Bonchev–Trinajstić information content (AvgIpc) is 2.12. The Labute approximate surface area is 56.5 Å². The van der Waals surface area contributed by atoms with E-state index in [4.69, 9.17) is 5.73 Å². The van der Waals surface area contributed by atoms with Crippen LogP contribution in [0.15, 0.2) is 0 Å². The first-order valence-electron chi connectivity index (χ1n) is 2.13. The van der Waals surface area contributed by atoms with Crippen LogP contribution < -0.4 is 5.73 Å². The third kappa shape index (κ3) is 4.39. The summed E-state index contributed by atoms with van der Waals surface area (Å²) >= 11 is 0. The lowest BCUT2D eigenvalue weighted by atomic mass is 10.5. The van der Waals surface area contributed by atoms with Gasteiger partial charge < -0.3 is 5.73 Å². The molecule has 46 valence electrons. The topological polar surface area (TPSA) is 26.0 Å². The number of hydrogen-bond donors (Lipinski definition) is 1. The van der Waals surface area contributed by atoms with Gasteiger partial charge in [0, 0.05) is 0 Å². The van der Waals surface area contributed by atoms with Gasteiger partial charge in [0.1, 0.15) is 0 Å². The number of halogens is 2. The number of rotatable bonds is 1. The summed E-state index contributed by atoms with van der Waals surface area (Å²) in [7, 11) is 0. The van der Waals surface area contributed by atoms with Crippen molar-refractivity contribution in [2.24, 2.45) is 11.7 Å². The van der Waals surface area contributed by atoms with E-state index in [2.05, 4.69) is 0 Å². The second kappa shape index (κ2) is 4.69. The summed E-state index contributed by atoms with van der Waals surface area (Å²) in [5.74, 6) is 0.912. The zero-order chi connectivity index (χ0) is 3.70. The molecule has 0 spiro atoms. The Morgan fingerprint density at radius 1 is 1.29 bits per heavy atom. The third-order valence-corrected chi connectivity index (χ3v) is 1.03. The van der Waals surface area contributed by atoms with E-state index >= 15 is 0 Å². The van der Waals surface area contributed by atoms with Gasteiger partial charge in [0.05, 0.1) is 0 Å². The highest BCUT2D eigenvalue weighted by atomic mass is 35.5. The third-order valence-electron chi connectivity index (χ3n) is 1.03. The highest BCUT2D eigenvalue weighted by molar-refractivity contribution is 5.85. The first-order valence-corrected chi connectivity index (χ1v) is 2.13. The first-order chi connectivity index (χ1) is 2.43. The maximum Gasteiger partial charge on any atom is -0.00489 e. The van der Waals surface area contributed by atoms with Crippen molar-refractivity contribution in [1.29, 1.82) is 0 Å². The maximum absolute atomic E-state index is 5.23. The highest BCUT2D eigenvalue weighted by Gasteiger charge is 2.17. The summed E-state index contributed by atoms with van der Waals surface area (Å²) in [5, 5.41) is 0. The minimum Gasteiger partial charge on any atom is -0.330 e. The Balaban J connectivity index is 0. The zero-order valence-corrected chi connectivity index (χ0v) is 5.73. The average molecular weight is 144 g/mol. The molecule has 0 heterocycles. The van der Waals surface area contributed by atoms with Gasteiger partial charge in [-0.3, -0.25) is 0 Å². The van der Waals surface area contributed by atoms with Crippen LogP contribution in [0.5, 0.6) is 0 Å². The van der Waals surface area contributed by atoms with Crippen LogP contribution in [-0.4, -0.2) is 6.54 Å². The molecule has 0 radical (unpaired) electrons. The van der Waals surface area contributed by atoms with E-state index < -0.39 is 0 Å². The van der Waals surface area contributed by atoms with Gasteiger partial charge in [-0.15, -0.1) is 24.8 Å². The molecule has 1 saturated carbocycles. The quantitative estimate of drug-likeness (QED) is 0.587. The molecule has 1 aliphatic rings. The largest absolute Gasteiger partial charge is 0.330 e. The molecule has 0 unspecified atom stereocenters. The monoisotopic (exact) mass is 143 g/mol. The summed E-state index contributed by atoms with van der Waals surface area (Å²) in [6.07, 6.45) is 2.77. The van der Waals surface area contributed by atoms with Crippen LogP contribution in [0.1, 0.15) is 12.8 Å². The van der Waals surface area contributed by atoms with Gasteiger partial charge in [-0.25, -0.2) is 0 Å². The molecule has 0 aromatic heterocycles. The van der Waals surface area contributed by atoms with Crippen molar-refractivity contribution in [2.75, 3.05) is 6.54 Å². The molecule has 1 nitrogen and oxygen atoms in total. The van der Waals surface area contributed by atoms with E-state index in [0.29, 0.717) is 0 Å². The lowest BCUT2D eigenvalue weighted by Gasteiger charge is -1.74. The van der Waals surface area contributed by atoms with Crippen LogP contribution in [0.2, 0.25) is 0 Å². The standard InChI is InChI=1S/C4H9N.2ClH/c5-3-4-1-2-4;;/h4H,1-3,5H2;2*1H. The molecule has 1 fully saturated rings. The predicted molar refractivity (Wildman–Crippen MR) is 36.3 cm³/mol. The highest BCUT2D eigenvalue weighted by Crippen LogP contribution is 2.26. The van der Waals surface area contributed by atoms with Gasteiger partial charge in [-0.05, 0) is 25.3 Å². The maximum atomic E-state index is 5.23. The van der Waals surface area contributed by atoms with Crippen LogP contribution >= 0.6 is 24.8 Å². The molecular weight excluding hydrogens is 133 g/mol. The van der Waals surface area contributed by atoms with Crippen molar-refractivity contribution < 1.29 is 0 Å². The molecule has 0 amide bonds. The van der Waals surface area contributed by atoms with Gasteiger partial charge in [0.15, 0.2) is 0 Å². The first kappa shape index (κ1) is 10.5. The number of nitrogens with two attached hydrogens (primary N) is 1. The lowest BCUT2D eigenvalue weighted by molar-refractivity contribution is 0.847. The molecular formula is C4H11Cl2N. The summed E-state index contributed by atoms with van der Waals surface area (Å²) in [5.41, 5.74) is 5.23. The molecule has 3 heteroatoms. The molecule has 0 aliphatic heterocycles. The summed E-state index contributed by atoms with van der Waals surface area (Å²) in [6, 6.07) is 0. The smallest absolute Gasteiger partial charge is 0.00489 e. The Bertz CT molecular complexity index is 36.7. The SMILES string of the molecule is Cl.Cl.NCC1CC1. The summed E-state index contributed by atoms with van der Waals surface area (Å²) in [4.78, 5) is 0. The van der Waals surface area contributed by atoms with Crippen molar-refractivity contribution in [3.05, 3.63) is 0 Å². The van der Waals surface area contributed by atoms with Crippen LogP contribution in [0.25, 0.3) is 0 Å². The van der Waals surface area contributed by atoms with Crippen molar-refractivity contribution in [1.82, 2.24) is 0 Å². The van der Waals surface area contributed by atoms with Gasteiger partial charge in [0.2, 0.25) is 0 Å². The Morgan fingerprint density at radius 2 is 1.71 bits per heavy atom. The van der Waals surface area contributed by atoms with Crippen molar-refractivity contribution in [3.8, 4) is 0 Å². The molecule has 1 rings (SSSR count). The van der Waals surface area contributed by atoms with Crippen LogP contribution in [0, 0.1) is 5.92 Å². The molecule has 7 heavy (non-hydrogen) atoms. The van der Waals surface area contributed by atoms with Crippen LogP contribution in [0.3, 0.4) is 0 Å². The van der Waals surface area contributed by atoms with Crippen LogP contribution in [0.4, 0.5) is 0 Å². The fourth-order valence-electron chi connectivity index (χ4n) is 0.354. The second-order valence-corrected chi connectivity index (χ2v) is 1.68. The summed E-state index contributed by atoms with van der Waals surface area (Å²) in [6.45, 7) is 0.917. The molecule has 1 aliphatic carbocycles. The second-order valence-electron chi connectivity index (χ2n) is 1.68. The van der Waals surface area contributed by atoms with Crippen molar-refractivity contribution in [2.45, 2.75) is 12.8 Å². The molecule has 2 N–H and O–H groups in total. The minimum atomic E-state index is 0. The van der Waals surface area contributed by atoms with Crippen LogP contribution in [-0.2, 0) is 0 Å². The Kier molecular flexibility index (Phi) is 7.04. The molecule has 0 aromatic rings. The van der Waals surface area contributed by atoms with Gasteiger partial charge in [-0.2, -0.15) is 0 Å². The van der Waals surface area contributed by atoms with E-state index in [1.165, 1.54) is 12.8 Å².